The number of pyridine rings is 2. The molecule has 0 unspecified atom stereocenters. The maximum atomic E-state index is 14.5. The summed E-state index contributed by atoms with van der Waals surface area (Å²) in [6, 6.07) is 9.80. The number of fused-ring (bicyclic) bond motifs is 1. The lowest BCUT2D eigenvalue weighted by atomic mass is 10.1. The van der Waals surface area contributed by atoms with Gasteiger partial charge in [-0.05, 0) is 36.4 Å². The standard InChI is InChI=1S/C22H19ClFN7O/c23-13-1-3-17(24)16(11-13)19-20-15(5-6-26-19)21(25)30-22(29-20)28-14-2-4-18(27-12-14)31-7-9-32-10-8-31/h1-6,11-12H,7-10H2,(H3,25,28,29,30). The number of hydrogen-bond donors (Lipinski definition) is 2. The number of anilines is 4. The Balaban J connectivity index is 1.49. The second-order valence-electron chi connectivity index (χ2n) is 7.24. The highest BCUT2D eigenvalue weighted by atomic mass is 35.5. The van der Waals surface area contributed by atoms with E-state index < -0.39 is 5.82 Å². The van der Waals surface area contributed by atoms with Crippen molar-refractivity contribution in [1.82, 2.24) is 19.9 Å². The number of morpholine rings is 1. The van der Waals surface area contributed by atoms with Gasteiger partial charge in [-0.2, -0.15) is 4.98 Å². The van der Waals surface area contributed by atoms with E-state index >= 15 is 0 Å². The Morgan fingerprint density at radius 2 is 1.91 bits per heavy atom. The molecule has 8 nitrogen and oxygen atoms in total. The molecule has 3 N–H and O–H groups in total. The van der Waals surface area contributed by atoms with Gasteiger partial charge in [0.2, 0.25) is 5.95 Å². The average molecular weight is 452 g/mol. The average Bonchev–Trinajstić information content (AvgIpc) is 2.81. The Labute approximate surface area is 188 Å². The van der Waals surface area contributed by atoms with E-state index in [1.807, 2.05) is 12.1 Å². The van der Waals surface area contributed by atoms with Gasteiger partial charge in [-0.1, -0.05) is 11.6 Å². The maximum absolute atomic E-state index is 14.5. The van der Waals surface area contributed by atoms with Gasteiger partial charge < -0.3 is 20.7 Å². The summed E-state index contributed by atoms with van der Waals surface area (Å²) < 4.78 is 19.9. The fourth-order valence-corrected chi connectivity index (χ4v) is 3.75. The summed E-state index contributed by atoms with van der Waals surface area (Å²) in [5.41, 5.74) is 7.86. The molecule has 3 aromatic heterocycles. The van der Waals surface area contributed by atoms with Crippen molar-refractivity contribution < 1.29 is 9.13 Å². The van der Waals surface area contributed by atoms with Gasteiger partial charge in [0.25, 0.3) is 0 Å². The van der Waals surface area contributed by atoms with E-state index in [2.05, 4.69) is 30.2 Å². The minimum atomic E-state index is -0.455. The molecule has 0 saturated carbocycles. The molecular weight excluding hydrogens is 433 g/mol. The summed E-state index contributed by atoms with van der Waals surface area (Å²) in [4.78, 5) is 19.9. The molecule has 0 spiro atoms. The molecule has 1 fully saturated rings. The third-order valence-corrected chi connectivity index (χ3v) is 5.40. The summed E-state index contributed by atoms with van der Waals surface area (Å²) in [6.07, 6.45) is 3.24. The van der Waals surface area contributed by atoms with Crippen LogP contribution in [0, 0.1) is 5.82 Å². The number of aromatic nitrogens is 4. The van der Waals surface area contributed by atoms with Crippen LogP contribution in [-0.4, -0.2) is 46.2 Å². The molecule has 1 aromatic carbocycles. The van der Waals surface area contributed by atoms with Crippen LogP contribution in [0.4, 0.5) is 27.7 Å². The van der Waals surface area contributed by atoms with Crippen LogP contribution in [0.25, 0.3) is 22.2 Å². The molecule has 1 aliphatic heterocycles. The van der Waals surface area contributed by atoms with Crippen molar-refractivity contribution >= 4 is 45.8 Å². The van der Waals surface area contributed by atoms with E-state index in [9.17, 15) is 4.39 Å². The Morgan fingerprint density at radius 1 is 1.06 bits per heavy atom. The molecule has 162 valence electrons. The van der Waals surface area contributed by atoms with Crippen molar-refractivity contribution in [1.29, 1.82) is 0 Å². The third-order valence-electron chi connectivity index (χ3n) is 5.17. The lowest BCUT2D eigenvalue weighted by Crippen LogP contribution is -2.36. The number of nitrogens with zero attached hydrogens (tertiary/aromatic N) is 5. The van der Waals surface area contributed by atoms with E-state index in [1.54, 1.807) is 18.5 Å². The van der Waals surface area contributed by atoms with Crippen LogP contribution < -0.4 is 16.0 Å². The Hall–Kier alpha value is -3.56. The number of benzene rings is 1. The van der Waals surface area contributed by atoms with Crippen LogP contribution in [0.3, 0.4) is 0 Å². The number of nitrogens with two attached hydrogens (primary N) is 1. The van der Waals surface area contributed by atoms with E-state index in [4.69, 9.17) is 22.1 Å². The lowest BCUT2D eigenvalue weighted by Gasteiger charge is -2.27. The number of nitrogens with one attached hydrogen (secondary N) is 1. The summed E-state index contributed by atoms with van der Waals surface area (Å²) >= 11 is 6.08. The molecule has 0 amide bonds. The number of hydrogen-bond acceptors (Lipinski definition) is 8. The first kappa shape index (κ1) is 20.3. The predicted octanol–water partition coefficient (Wildman–Crippen LogP) is 4.04. The monoisotopic (exact) mass is 451 g/mol. The maximum Gasteiger partial charge on any atom is 0.229 e. The first-order valence-electron chi connectivity index (χ1n) is 10.0. The van der Waals surface area contributed by atoms with Crippen molar-refractivity contribution in [3.63, 3.8) is 0 Å². The number of nitrogen functional groups attached to an aromatic ring is 1. The van der Waals surface area contributed by atoms with E-state index in [0.29, 0.717) is 40.5 Å². The molecular formula is C22H19ClFN7O. The largest absolute Gasteiger partial charge is 0.383 e. The zero-order valence-corrected chi connectivity index (χ0v) is 17.7. The van der Waals surface area contributed by atoms with Gasteiger partial charge in [0.05, 0.1) is 30.8 Å². The van der Waals surface area contributed by atoms with Crippen molar-refractivity contribution in [3.8, 4) is 11.3 Å². The van der Waals surface area contributed by atoms with Gasteiger partial charge in [0.15, 0.2) is 0 Å². The highest BCUT2D eigenvalue weighted by Gasteiger charge is 2.16. The predicted molar refractivity (Wildman–Crippen MR) is 123 cm³/mol. The van der Waals surface area contributed by atoms with Gasteiger partial charge in [-0.3, -0.25) is 4.98 Å². The number of rotatable bonds is 4. The van der Waals surface area contributed by atoms with E-state index in [0.717, 1.165) is 18.9 Å². The van der Waals surface area contributed by atoms with Crippen LogP contribution in [-0.2, 0) is 4.74 Å². The van der Waals surface area contributed by atoms with Crippen LogP contribution in [0.15, 0.2) is 48.8 Å². The minimum Gasteiger partial charge on any atom is -0.383 e. The smallest absolute Gasteiger partial charge is 0.229 e. The van der Waals surface area contributed by atoms with Gasteiger partial charge >= 0.3 is 0 Å². The van der Waals surface area contributed by atoms with Crippen molar-refractivity contribution in [2.24, 2.45) is 0 Å². The molecule has 10 heteroatoms. The van der Waals surface area contributed by atoms with Crippen LogP contribution >= 0.6 is 11.6 Å². The molecule has 5 rings (SSSR count). The zero-order chi connectivity index (χ0) is 22.1. The lowest BCUT2D eigenvalue weighted by molar-refractivity contribution is 0.122. The van der Waals surface area contributed by atoms with Gasteiger partial charge in [-0.25, -0.2) is 14.4 Å². The van der Waals surface area contributed by atoms with Gasteiger partial charge in [0.1, 0.15) is 23.0 Å². The van der Waals surface area contributed by atoms with Crippen molar-refractivity contribution in [2.45, 2.75) is 0 Å². The van der Waals surface area contributed by atoms with Crippen LogP contribution in [0.2, 0.25) is 5.02 Å². The first-order chi connectivity index (χ1) is 15.6. The highest BCUT2D eigenvalue weighted by Crippen LogP contribution is 2.32. The normalized spacial score (nSPS) is 14.0. The second-order valence-corrected chi connectivity index (χ2v) is 7.68. The van der Waals surface area contributed by atoms with E-state index in [1.165, 1.54) is 18.2 Å². The first-order valence-corrected chi connectivity index (χ1v) is 10.4. The summed E-state index contributed by atoms with van der Waals surface area (Å²) in [7, 11) is 0. The zero-order valence-electron chi connectivity index (χ0n) is 16.9. The summed E-state index contributed by atoms with van der Waals surface area (Å²) in [5, 5.41) is 4.08. The summed E-state index contributed by atoms with van der Waals surface area (Å²) in [6.45, 7) is 2.99. The molecule has 1 aliphatic rings. The van der Waals surface area contributed by atoms with Crippen LogP contribution in [0.5, 0.6) is 0 Å². The second kappa shape index (κ2) is 8.52. The Bertz CT molecular complexity index is 1280. The minimum absolute atomic E-state index is 0.240. The number of halogens is 2. The number of ether oxygens (including phenoxy) is 1. The molecule has 32 heavy (non-hydrogen) atoms. The van der Waals surface area contributed by atoms with Gasteiger partial charge in [-0.15, -0.1) is 0 Å². The quantitative estimate of drug-likeness (QED) is 0.479. The molecule has 4 heterocycles. The molecule has 4 aromatic rings. The fraction of sp³-hybridized carbons (Fsp3) is 0.182. The van der Waals surface area contributed by atoms with Crippen molar-refractivity contribution in [2.75, 3.05) is 42.3 Å². The highest BCUT2D eigenvalue weighted by molar-refractivity contribution is 6.30. The SMILES string of the molecule is Nc1nc(Nc2ccc(N3CCOCC3)nc2)nc2c(-c3cc(Cl)ccc3F)nccc12. The Morgan fingerprint density at radius 3 is 2.69 bits per heavy atom. The Kier molecular flexibility index (Phi) is 5.42. The molecule has 0 radical (unpaired) electrons. The third kappa shape index (κ3) is 4.00. The summed E-state index contributed by atoms with van der Waals surface area (Å²) in [5.74, 6) is 0.929. The topological polar surface area (TPSA) is 102 Å². The molecule has 1 saturated heterocycles. The fourth-order valence-electron chi connectivity index (χ4n) is 3.58. The molecule has 0 bridgehead atoms. The van der Waals surface area contributed by atoms with Crippen LogP contribution in [0.1, 0.15) is 0 Å². The molecule has 0 atom stereocenters. The van der Waals surface area contributed by atoms with Crippen molar-refractivity contribution in [3.05, 3.63) is 59.6 Å². The molecule has 0 aliphatic carbocycles. The van der Waals surface area contributed by atoms with E-state index in [-0.39, 0.29) is 17.3 Å². The van der Waals surface area contributed by atoms with Gasteiger partial charge in [0, 0.05) is 35.3 Å².